The number of aryl methyl sites for hydroxylation is 5. The molecule has 0 aliphatic rings. The predicted octanol–water partition coefficient (Wildman–Crippen LogP) is 12.7. The Kier molecular flexibility index (Phi) is 10.8. The van der Waals surface area contributed by atoms with Crippen LogP contribution < -0.4 is 4.90 Å². The highest BCUT2D eigenvalue weighted by Crippen LogP contribution is 2.35. The van der Waals surface area contributed by atoms with Crippen molar-refractivity contribution in [2.75, 3.05) is 4.90 Å². The molecule has 6 rings (SSSR count). The fourth-order valence-electron chi connectivity index (χ4n) is 5.08. The molecule has 0 N–H and O–H groups in total. The molecule has 6 aromatic carbocycles. The van der Waals surface area contributed by atoms with Crippen molar-refractivity contribution in [1.82, 2.24) is 0 Å². The van der Waals surface area contributed by atoms with E-state index in [4.69, 9.17) is 0 Å². The van der Waals surface area contributed by atoms with E-state index in [1.54, 1.807) is 0 Å². The minimum Gasteiger partial charge on any atom is -0.311 e. The second kappa shape index (κ2) is 15.5. The third-order valence-corrected chi connectivity index (χ3v) is 7.87. The first-order valence-corrected chi connectivity index (χ1v) is 15.9. The van der Waals surface area contributed by atoms with E-state index in [1.165, 1.54) is 50.1 Å². The van der Waals surface area contributed by atoms with Crippen LogP contribution in [0.25, 0.3) is 24.3 Å². The first-order chi connectivity index (χ1) is 22.3. The van der Waals surface area contributed by atoms with Crippen LogP contribution >= 0.6 is 0 Å². The van der Waals surface area contributed by atoms with Gasteiger partial charge in [-0.2, -0.15) is 0 Å². The Morgan fingerprint density at radius 1 is 0.304 bits per heavy atom. The smallest absolute Gasteiger partial charge is 0.0462 e. The molecule has 0 unspecified atom stereocenters. The summed E-state index contributed by atoms with van der Waals surface area (Å²) in [5.74, 6) is 0. The summed E-state index contributed by atoms with van der Waals surface area (Å²) in [5.41, 5.74) is 14.8. The second-order valence-corrected chi connectivity index (χ2v) is 12.0. The third-order valence-electron chi connectivity index (χ3n) is 7.87. The van der Waals surface area contributed by atoms with Gasteiger partial charge < -0.3 is 4.90 Å². The fraction of sp³-hybridized carbons (Fsp3) is 0.111. The van der Waals surface area contributed by atoms with Gasteiger partial charge in [-0.25, -0.2) is 0 Å². The maximum Gasteiger partial charge on any atom is 0.0462 e. The molecule has 0 aliphatic heterocycles. The molecule has 0 radical (unpaired) electrons. The van der Waals surface area contributed by atoms with E-state index in [0.717, 1.165) is 17.1 Å². The van der Waals surface area contributed by atoms with Crippen molar-refractivity contribution in [1.29, 1.82) is 0 Å². The lowest BCUT2D eigenvalue weighted by Crippen LogP contribution is -2.09. The monoisotopic (exact) mass is 597 g/mol. The Morgan fingerprint density at radius 2 is 0.609 bits per heavy atom. The van der Waals surface area contributed by atoms with Crippen LogP contribution in [0, 0.1) is 34.6 Å². The van der Waals surface area contributed by atoms with Crippen LogP contribution in [0.5, 0.6) is 0 Å². The molecule has 6 aromatic rings. The Morgan fingerprint density at radius 3 is 0.978 bits per heavy atom. The first-order valence-electron chi connectivity index (χ1n) is 15.9. The van der Waals surface area contributed by atoms with E-state index in [0.29, 0.717) is 0 Å². The first kappa shape index (κ1) is 32.0. The van der Waals surface area contributed by atoms with Crippen LogP contribution in [0.4, 0.5) is 17.1 Å². The van der Waals surface area contributed by atoms with Crippen molar-refractivity contribution in [2.45, 2.75) is 34.6 Å². The third kappa shape index (κ3) is 9.30. The van der Waals surface area contributed by atoms with Crippen LogP contribution in [0.2, 0.25) is 0 Å². The minimum atomic E-state index is 1.15. The quantitative estimate of drug-likeness (QED) is 0.165. The van der Waals surface area contributed by atoms with E-state index in [1.807, 2.05) is 0 Å². The maximum atomic E-state index is 2.30. The van der Waals surface area contributed by atoms with E-state index in [-0.39, 0.29) is 0 Å². The van der Waals surface area contributed by atoms with Gasteiger partial charge in [0, 0.05) is 17.1 Å². The highest BCUT2D eigenvalue weighted by atomic mass is 15.1. The van der Waals surface area contributed by atoms with Gasteiger partial charge in [-0.05, 0) is 93.3 Å². The molecule has 1 nitrogen and oxygen atoms in total. The van der Waals surface area contributed by atoms with Gasteiger partial charge in [0.2, 0.25) is 0 Å². The standard InChI is InChI=1S/C29H27N.C16H16/c1-22-4-10-25(11-5-22)12-13-26-14-20-29(21-15-26)30(27-16-6-23(2)7-17-27)28-18-8-24(3)9-19-28;1-13-6-8-15(9-7-13)10-11-16-5-3-4-14(2)12-16/h4-21H,1-3H3;3-12H,1-2H3/b13-12+;11-10+. The van der Waals surface area contributed by atoms with Crippen molar-refractivity contribution >= 4 is 41.4 Å². The molecular formula is C45H43N. The number of benzene rings is 6. The summed E-state index contributed by atoms with van der Waals surface area (Å²) in [7, 11) is 0. The molecule has 0 amide bonds. The molecule has 0 aliphatic carbocycles. The molecule has 0 fully saturated rings. The van der Waals surface area contributed by atoms with Crippen LogP contribution in [-0.2, 0) is 0 Å². The number of anilines is 3. The van der Waals surface area contributed by atoms with Gasteiger partial charge in [0.15, 0.2) is 0 Å². The SMILES string of the molecule is Cc1ccc(/C=C/c2ccc(N(c3ccc(C)cc3)c3ccc(C)cc3)cc2)cc1.Cc1ccc(/C=C/c2cccc(C)c2)cc1. The summed E-state index contributed by atoms with van der Waals surface area (Å²) in [5, 5.41) is 0. The summed E-state index contributed by atoms with van der Waals surface area (Å²) in [4.78, 5) is 2.30. The lowest BCUT2D eigenvalue weighted by molar-refractivity contribution is 1.27. The van der Waals surface area contributed by atoms with Crippen LogP contribution in [0.15, 0.2) is 146 Å². The van der Waals surface area contributed by atoms with E-state index >= 15 is 0 Å². The molecule has 228 valence electrons. The summed E-state index contributed by atoms with van der Waals surface area (Å²) < 4.78 is 0. The number of hydrogen-bond acceptors (Lipinski definition) is 1. The Balaban J connectivity index is 0.000000219. The van der Waals surface area contributed by atoms with Gasteiger partial charge in [0.25, 0.3) is 0 Å². The zero-order valence-electron chi connectivity index (χ0n) is 27.6. The maximum absolute atomic E-state index is 2.30. The molecule has 1 heteroatoms. The van der Waals surface area contributed by atoms with Crippen LogP contribution in [0.1, 0.15) is 50.1 Å². The lowest BCUT2D eigenvalue weighted by atomic mass is 10.1. The van der Waals surface area contributed by atoms with Gasteiger partial charge in [0.1, 0.15) is 0 Å². The molecular weight excluding hydrogens is 555 g/mol. The molecule has 0 saturated carbocycles. The lowest BCUT2D eigenvalue weighted by Gasteiger charge is -2.25. The van der Waals surface area contributed by atoms with E-state index in [2.05, 4.69) is 209 Å². The van der Waals surface area contributed by atoms with Crippen LogP contribution in [-0.4, -0.2) is 0 Å². The number of rotatable bonds is 7. The molecule has 0 spiro atoms. The number of hydrogen-bond donors (Lipinski definition) is 0. The van der Waals surface area contributed by atoms with Gasteiger partial charge in [-0.15, -0.1) is 0 Å². The van der Waals surface area contributed by atoms with Crippen molar-refractivity contribution in [3.63, 3.8) is 0 Å². The molecule has 0 aromatic heterocycles. The zero-order chi connectivity index (χ0) is 32.3. The normalized spacial score (nSPS) is 11.0. The largest absolute Gasteiger partial charge is 0.311 e. The summed E-state index contributed by atoms with van der Waals surface area (Å²) in [6.07, 6.45) is 8.62. The highest BCUT2D eigenvalue weighted by Gasteiger charge is 2.12. The van der Waals surface area contributed by atoms with Crippen molar-refractivity contribution in [3.8, 4) is 0 Å². The molecule has 0 atom stereocenters. The van der Waals surface area contributed by atoms with Crippen molar-refractivity contribution < 1.29 is 0 Å². The van der Waals surface area contributed by atoms with E-state index < -0.39 is 0 Å². The summed E-state index contributed by atoms with van der Waals surface area (Å²) in [6.45, 7) is 10.6. The van der Waals surface area contributed by atoms with Crippen molar-refractivity contribution in [2.24, 2.45) is 0 Å². The molecule has 0 saturated heterocycles. The van der Waals surface area contributed by atoms with Crippen LogP contribution in [0.3, 0.4) is 0 Å². The Hall–Kier alpha value is -5.40. The van der Waals surface area contributed by atoms with Gasteiger partial charge in [0.05, 0.1) is 0 Å². The average molecular weight is 598 g/mol. The molecule has 46 heavy (non-hydrogen) atoms. The minimum absolute atomic E-state index is 1.15. The average Bonchev–Trinajstić information content (AvgIpc) is 3.07. The Bertz CT molecular complexity index is 1830. The van der Waals surface area contributed by atoms with Crippen molar-refractivity contribution in [3.05, 3.63) is 196 Å². The van der Waals surface area contributed by atoms with Gasteiger partial charge in [-0.3, -0.25) is 0 Å². The van der Waals surface area contributed by atoms with Gasteiger partial charge >= 0.3 is 0 Å². The number of nitrogens with zero attached hydrogens (tertiary/aromatic N) is 1. The second-order valence-electron chi connectivity index (χ2n) is 12.0. The zero-order valence-corrected chi connectivity index (χ0v) is 27.6. The van der Waals surface area contributed by atoms with E-state index in [9.17, 15) is 0 Å². The fourth-order valence-corrected chi connectivity index (χ4v) is 5.08. The topological polar surface area (TPSA) is 3.24 Å². The molecule has 0 heterocycles. The predicted molar refractivity (Wildman–Crippen MR) is 202 cm³/mol. The summed E-state index contributed by atoms with van der Waals surface area (Å²) >= 11 is 0. The highest BCUT2D eigenvalue weighted by molar-refractivity contribution is 5.78. The summed E-state index contributed by atoms with van der Waals surface area (Å²) in [6, 6.07) is 51.7. The molecule has 0 bridgehead atoms. The van der Waals surface area contributed by atoms with Gasteiger partial charge in [-0.1, -0.05) is 161 Å². The Labute approximate surface area is 275 Å².